The first-order valence-corrected chi connectivity index (χ1v) is 5.83. The van der Waals surface area contributed by atoms with Gasteiger partial charge in [0, 0.05) is 12.4 Å². The first-order valence-electron chi connectivity index (χ1n) is 5.83. The molecule has 1 heterocycles. The third-order valence-corrected chi connectivity index (χ3v) is 2.92. The highest BCUT2D eigenvalue weighted by atomic mass is 15.1. The Morgan fingerprint density at radius 3 is 2.29 bits per heavy atom. The van der Waals surface area contributed by atoms with E-state index >= 15 is 0 Å². The molecule has 0 bridgehead atoms. The van der Waals surface area contributed by atoms with Crippen molar-refractivity contribution in [1.82, 2.24) is 9.55 Å². The Balaban J connectivity index is 2.17. The van der Waals surface area contributed by atoms with Crippen molar-refractivity contribution in [3.8, 4) is 0 Å². The number of rotatable bonds is 2. The minimum atomic E-state index is 0.201. The van der Waals surface area contributed by atoms with Crippen LogP contribution in [0.4, 0.5) is 5.95 Å². The fraction of sp³-hybridized carbons (Fsp3) is 0.357. The number of nitrogens with zero attached hydrogens (tertiary/aromatic N) is 2. The van der Waals surface area contributed by atoms with Crippen molar-refractivity contribution in [2.45, 2.75) is 32.7 Å². The third-order valence-electron chi connectivity index (χ3n) is 2.92. The SMILES string of the molecule is CC(C)(C)c1ccc(Cn2ccnc2N)cc1. The second-order valence-electron chi connectivity index (χ2n) is 5.36. The fourth-order valence-corrected chi connectivity index (χ4v) is 1.78. The highest BCUT2D eigenvalue weighted by Gasteiger charge is 2.12. The van der Waals surface area contributed by atoms with E-state index in [1.54, 1.807) is 6.20 Å². The Bertz CT molecular complexity index is 489. The largest absolute Gasteiger partial charge is 0.369 e. The fourth-order valence-electron chi connectivity index (χ4n) is 1.78. The second kappa shape index (κ2) is 4.24. The van der Waals surface area contributed by atoms with E-state index in [0.717, 1.165) is 6.54 Å². The van der Waals surface area contributed by atoms with E-state index in [9.17, 15) is 0 Å². The van der Waals surface area contributed by atoms with Crippen molar-refractivity contribution >= 4 is 5.95 Å². The molecule has 0 unspecified atom stereocenters. The van der Waals surface area contributed by atoms with Gasteiger partial charge in [0.05, 0.1) is 6.54 Å². The number of imidazole rings is 1. The zero-order chi connectivity index (χ0) is 12.5. The lowest BCUT2D eigenvalue weighted by Gasteiger charge is -2.19. The number of nitrogens with two attached hydrogens (primary N) is 1. The Labute approximate surface area is 102 Å². The average Bonchev–Trinajstić information content (AvgIpc) is 2.64. The molecular weight excluding hydrogens is 210 g/mol. The van der Waals surface area contributed by atoms with Gasteiger partial charge in [-0.1, -0.05) is 45.0 Å². The molecule has 2 N–H and O–H groups in total. The molecule has 0 spiro atoms. The summed E-state index contributed by atoms with van der Waals surface area (Å²) >= 11 is 0. The quantitative estimate of drug-likeness (QED) is 0.860. The number of benzene rings is 1. The van der Waals surface area contributed by atoms with E-state index in [0.29, 0.717) is 5.95 Å². The monoisotopic (exact) mass is 229 g/mol. The summed E-state index contributed by atoms with van der Waals surface area (Å²) in [6.45, 7) is 7.43. The number of anilines is 1. The maximum Gasteiger partial charge on any atom is 0.200 e. The van der Waals surface area contributed by atoms with Gasteiger partial charge in [-0.05, 0) is 16.5 Å². The summed E-state index contributed by atoms with van der Waals surface area (Å²) in [6.07, 6.45) is 3.62. The van der Waals surface area contributed by atoms with Gasteiger partial charge < -0.3 is 10.3 Å². The summed E-state index contributed by atoms with van der Waals surface area (Å²) in [4.78, 5) is 4.01. The molecule has 1 aromatic heterocycles. The molecule has 90 valence electrons. The molecule has 0 fully saturated rings. The van der Waals surface area contributed by atoms with Crippen molar-refractivity contribution in [1.29, 1.82) is 0 Å². The van der Waals surface area contributed by atoms with Crippen LogP contribution in [0.25, 0.3) is 0 Å². The van der Waals surface area contributed by atoms with Crippen LogP contribution in [0.1, 0.15) is 31.9 Å². The maximum atomic E-state index is 5.74. The van der Waals surface area contributed by atoms with E-state index in [2.05, 4.69) is 50.0 Å². The van der Waals surface area contributed by atoms with Crippen LogP contribution < -0.4 is 5.73 Å². The summed E-state index contributed by atoms with van der Waals surface area (Å²) in [5, 5.41) is 0. The van der Waals surface area contributed by atoms with Gasteiger partial charge in [-0.2, -0.15) is 0 Å². The Morgan fingerprint density at radius 1 is 1.18 bits per heavy atom. The lowest BCUT2D eigenvalue weighted by atomic mass is 9.87. The van der Waals surface area contributed by atoms with Crippen LogP contribution in [0.15, 0.2) is 36.7 Å². The summed E-state index contributed by atoms with van der Waals surface area (Å²) < 4.78 is 1.94. The van der Waals surface area contributed by atoms with Gasteiger partial charge >= 0.3 is 0 Å². The van der Waals surface area contributed by atoms with Gasteiger partial charge in [0.2, 0.25) is 0 Å². The molecule has 0 atom stereocenters. The molecule has 0 saturated carbocycles. The van der Waals surface area contributed by atoms with Crippen LogP contribution in [-0.2, 0) is 12.0 Å². The molecule has 3 nitrogen and oxygen atoms in total. The van der Waals surface area contributed by atoms with Gasteiger partial charge in [0.25, 0.3) is 0 Å². The number of aromatic nitrogens is 2. The number of hydrogen-bond acceptors (Lipinski definition) is 2. The molecule has 3 heteroatoms. The van der Waals surface area contributed by atoms with Crippen molar-refractivity contribution in [3.05, 3.63) is 47.8 Å². The summed E-state index contributed by atoms with van der Waals surface area (Å²) in [7, 11) is 0. The number of nitrogen functional groups attached to an aromatic ring is 1. The molecular formula is C14H19N3. The first kappa shape index (κ1) is 11.7. The second-order valence-corrected chi connectivity index (χ2v) is 5.36. The van der Waals surface area contributed by atoms with E-state index in [1.807, 2.05) is 10.8 Å². The van der Waals surface area contributed by atoms with Gasteiger partial charge in [-0.3, -0.25) is 0 Å². The van der Waals surface area contributed by atoms with Gasteiger partial charge in [-0.15, -0.1) is 0 Å². The molecule has 17 heavy (non-hydrogen) atoms. The van der Waals surface area contributed by atoms with Crippen LogP contribution >= 0.6 is 0 Å². The van der Waals surface area contributed by atoms with Crippen LogP contribution in [0.3, 0.4) is 0 Å². The standard InChI is InChI=1S/C14H19N3/c1-14(2,3)12-6-4-11(5-7-12)10-17-9-8-16-13(17)15/h4-9H,10H2,1-3H3,(H2,15,16). The molecule has 0 radical (unpaired) electrons. The Kier molecular flexibility index (Phi) is 2.92. The normalized spacial score (nSPS) is 11.7. The van der Waals surface area contributed by atoms with E-state index in [4.69, 9.17) is 5.73 Å². The van der Waals surface area contributed by atoms with E-state index < -0.39 is 0 Å². The van der Waals surface area contributed by atoms with Crippen LogP contribution in [0, 0.1) is 0 Å². The third kappa shape index (κ3) is 2.67. The number of hydrogen-bond donors (Lipinski definition) is 1. The maximum absolute atomic E-state index is 5.74. The first-order chi connectivity index (χ1) is 7.97. The molecule has 0 aliphatic carbocycles. The lowest BCUT2D eigenvalue weighted by molar-refractivity contribution is 0.590. The molecule has 2 aromatic rings. The smallest absolute Gasteiger partial charge is 0.200 e. The minimum absolute atomic E-state index is 0.201. The highest BCUT2D eigenvalue weighted by molar-refractivity contribution is 5.29. The molecule has 0 aliphatic rings. The predicted molar refractivity (Wildman–Crippen MR) is 70.9 cm³/mol. The highest BCUT2D eigenvalue weighted by Crippen LogP contribution is 2.22. The zero-order valence-corrected chi connectivity index (χ0v) is 10.6. The Morgan fingerprint density at radius 2 is 1.82 bits per heavy atom. The molecule has 0 amide bonds. The lowest BCUT2D eigenvalue weighted by Crippen LogP contribution is -2.11. The van der Waals surface area contributed by atoms with Gasteiger partial charge in [0.15, 0.2) is 5.95 Å². The average molecular weight is 229 g/mol. The predicted octanol–water partition coefficient (Wildman–Crippen LogP) is 2.81. The van der Waals surface area contributed by atoms with E-state index in [-0.39, 0.29) is 5.41 Å². The molecule has 2 rings (SSSR count). The van der Waals surface area contributed by atoms with Crippen LogP contribution in [0.5, 0.6) is 0 Å². The van der Waals surface area contributed by atoms with Crippen LogP contribution in [0.2, 0.25) is 0 Å². The van der Waals surface area contributed by atoms with Crippen LogP contribution in [-0.4, -0.2) is 9.55 Å². The summed E-state index contributed by atoms with van der Waals surface area (Å²) in [5.74, 6) is 0.560. The van der Waals surface area contributed by atoms with Gasteiger partial charge in [-0.25, -0.2) is 4.98 Å². The van der Waals surface area contributed by atoms with Crippen molar-refractivity contribution < 1.29 is 0 Å². The summed E-state index contributed by atoms with van der Waals surface area (Å²) in [6, 6.07) is 8.67. The zero-order valence-electron chi connectivity index (χ0n) is 10.6. The van der Waals surface area contributed by atoms with Crippen molar-refractivity contribution in [3.63, 3.8) is 0 Å². The minimum Gasteiger partial charge on any atom is -0.369 e. The topological polar surface area (TPSA) is 43.8 Å². The van der Waals surface area contributed by atoms with Crippen molar-refractivity contribution in [2.75, 3.05) is 5.73 Å². The van der Waals surface area contributed by atoms with Gasteiger partial charge in [0.1, 0.15) is 0 Å². The van der Waals surface area contributed by atoms with Crippen molar-refractivity contribution in [2.24, 2.45) is 0 Å². The molecule has 0 saturated heterocycles. The molecule has 1 aromatic carbocycles. The van der Waals surface area contributed by atoms with E-state index in [1.165, 1.54) is 11.1 Å². The summed E-state index contributed by atoms with van der Waals surface area (Å²) in [5.41, 5.74) is 8.53. The Hall–Kier alpha value is -1.77. The molecule has 0 aliphatic heterocycles.